The molecule has 26 heavy (non-hydrogen) atoms. The Hall–Kier alpha value is -1.52. The molecule has 0 saturated carbocycles. The maximum Gasteiger partial charge on any atom is 0.240 e. The van der Waals surface area contributed by atoms with Gasteiger partial charge in [-0.25, -0.2) is 18.1 Å². The topological polar surface area (TPSA) is 80.8 Å². The molecule has 1 aliphatic rings. The molecule has 1 saturated heterocycles. The predicted octanol–water partition coefficient (Wildman–Crippen LogP) is 1.85. The van der Waals surface area contributed by atoms with Crippen molar-refractivity contribution in [3.05, 3.63) is 40.3 Å². The second kappa shape index (κ2) is 8.92. The monoisotopic (exact) mass is 397 g/mol. The molecule has 1 aliphatic heterocycles. The van der Waals surface area contributed by atoms with E-state index < -0.39 is 10.0 Å². The molecular formula is C17H23N3O4S2. The molecular weight excluding hydrogens is 374 g/mol. The van der Waals surface area contributed by atoms with Gasteiger partial charge in [0.1, 0.15) is 10.8 Å². The number of hydrogen-bond donors (Lipinski definition) is 1. The van der Waals surface area contributed by atoms with Gasteiger partial charge in [-0.15, -0.1) is 11.3 Å². The van der Waals surface area contributed by atoms with E-state index in [1.807, 2.05) is 12.3 Å². The van der Waals surface area contributed by atoms with Crippen LogP contribution in [0.25, 0.3) is 0 Å². The summed E-state index contributed by atoms with van der Waals surface area (Å²) in [5.41, 5.74) is 0.965. The van der Waals surface area contributed by atoms with Crippen molar-refractivity contribution in [2.75, 3.05) is 32.9 Å². The molecule has 3 rings (SSSR count). The number of morpholine rings is 1. The average molecular weight is 398 g/mol. The summed E-state index contributed by atoms with van der Waals surface area (Å²) in [6.45, 7) is 6.68. The van der Waals surface area contributed by atoms with Gasteiger partial charge in [-0.3, -0.25) is 4.90 Å². The first-order valence-electron chi connectivity index (χ1n) is 8.53. The third-order valence-corrected chi connectivity index (χ3v) is 6.26. The number of nitrogens with one attached hydrogen (secondary N) is 1. The van der Waals surface area contributed by atoms with Gasteiger partial charge in [0.25, 0.3) is 0 Å². The van der Waals surface area contributed by atoms with Crippen molar-refractivity contribution in [2.45, 2.75) is 24.9 Å². The Morgan fingerprint density at radius 3 is 2.69 bits per heavy atom. The Morgan fingerprint density at radius 1 is 1.27 bits per heavy atom. The van der Waals surface area contributed by atoms with E-state index >= 15 is 0 Å². The van der Waals surface area contributed by atoms with Gasteiger partial charge in [-0.05, 0) is 31.2 Å². The molecule has 142 valence electrons. The molecule has 9 heteroatoms. The zero-order valence-corrected chi connectivity index (χ0v) is 16.3. The van der Waals surface area contributed by atoms with Crippen LogP contribution in [-0.2, 0) is 27.8 Å². The largest absolute Gasteiger partial charge is 0.494 e. The highest BCUT2D eigenvalue weighted by Gasteiger charge is 2.16. The van der Waals surface area contributed by atoms with E-state index in [9.17, 15) is 8.42 Å². The van der Waals surface area contributed by atoms with Crippen LogP contribution in [0.2, 0.25) is 0 Å². The second-order valence-electron chi connectivity index (χ2n) is 5.85. The standard InChI is InChI=1S/C17H23N3O4S2/c1-2-24-15-3-5-16(6-4-15)26(21,22)18-11-17-19-14(13-25-17)12-20-7-9-23-10-8-20/h3-6,13,18H,2,7-12H2,1H3. The molecule has 0 aliphatic carbocycles. The fourth-order valence-corrected chi connectivity index (χ4v) is 4.42. The van der Waals surface area contributed by atoms with Crippen LogP contribution < -0.4 is 9.46 Å². The summed E-state index contributed by atoms with van der Waals surface area (Å²) < 4.78 is 38.1. The van der Waals surface area contributed by atoms with Crippen LogP contribution in [0.5, 0.6) is 5.75 Å². The summed E-state index contributed by atoms with van der Waals surface area (Å²) in [6.07, 6.45) is 0. The fraction of sp³-hybridized carbons (Fsp3) is 0.471. The van der Waals surface area contributed by atoms with Gasteiger partial charge < -0.3 is 9.47 Å². The van der Waals surface area contributed by atoms with Crippen molar-refractivity contribution in [1.82, 2.24) is 14.6 Å². The lowest BCUT2D eigenvalue weighted by Crippen LogP contribution is -2.35. The lowest BCUT2D eigenvalue weighted by atomic mass is 10.3. The minimum absolute atomic E-state index is 0.184. The van der Waals surface area contributed by atoms with Gasteiger partial charge in [0.05, 0.1) is 37.0 Å². The number of hydrogen-bond acceptors (Lipinski definition) is 7. The summed E-state index contributed by atoms with van der Waals surface area (Å²) in [4.78, 5) is 7.03. The Balaban J connectivity index is 1.55. The van der Waals surface area contributed by atoms with Crippen LogP contribution in [-0.4, -0.2) is 51.2 Å². The van der Waals surface area contributed by atoms with E-state index in [0.29, 0.717) is 12.4 Å². The maximum atomic E-state index is 12.4. The third-order valence-electron chi connectivity index (χ3n) is 3.95. The SMILES string of the molecule is CCOc1ccc(S(=O)(=O)NCc2nc(CN3CCOCC3)cs2)cc1. The van der Waals surface area contributed by atoms with E-state index in [4.69, 9.17) is 9.47 Å². The summed E-state index contributed by atoms with van der Waals surface area (Å²) in [7, 11) is -3.57. The molecule has 2 aromatic rings. The second-order valence-corrected chi connectivity index (χ2v) is 8.56. The van der Waals surface area contributed by atoms with E-state index in [2.05, 4.69) is 14.6 Å². The normalized spacial score (nSPS) is 15.9. The molecule has 1 fully saturated rings. The summed E-state index contributed by atoms with van der Waals surface area (Å²) >= 11 is 1.47. The lowest BCUT2D eigenvalue weighted by molar-refractivity contribution is 0.0337. The van der Waals surface area contributed by atoms with Crippen LogP contribution in [0.4, 0.5) is 0 Å². The molecule has 0 amide bonds. The molecule has 7 nitrogen and oxygen atoms in total. The molecule has 2 heterocycles. The number of nitrogens with zero attached hydrogens (tertiary/aromatic N) is 2. The van der Waals surface area contributed by atoms with Crippen molar-refractivity contribution in [3.63, 3.8) is 0 Å². The Bertz CT molecular complexity index is 800. The van der Waals surface area contributed by atoms with E-state index in [0.717, 1.165) is 43.5 Å². The average Bonchev–Trinajstić information content (AvgIpc) is 3.09. The van der Waals surface area contributed by atoms with E-state index in [1.165, 1.54) is 11.3 Å². The number of aromatic nitrogens is 1. The number of benzene rings is 1. The van der Waals surface area contributed by atoms with Crippen LogP contribution in [0.15, 0.2) is 34.5 Å². The molecule has 0 radical (unpaired) electrons. The van der Waals surface area contributed by atoms with Crippen LogP contribution in [0, 0.1) is 0 Å². The van der Waals surface area contributed by atoms with Gasteiger partial charge in [0.2, 0.25) is 10.0 Å². The molecule has 1 aromatic carbocycles. The molecule has 0 spiro atoms. The minimum Gasteiger partial charge on any atom is -0.494 e. The molecule has 0 unspecified atom stereocenters. The number of sulfonamides is 1. The highest BCUT2D eigenvalue weighted by atomic mass is 32.2. The zero-order valence-electron chi connectivity index (χ0n) is 14.7. The highest BCUT2D eigenvalue weighted by Crippen LogP contribution is 2.17. The first-order chi connectivity index (χ1) is 12.6. The van der Waals surface area contributed by atoms with Crippen LogP contribution in [0.3, 0.4) is 0 Å². The zero-order chi connectivity index (χ0) is 18.4. The molecule has 1 aromatic heterocycles. The number of thiazole rings is 1. The fourth-order valence-electron chi connectivity index (χ4n) is 2.61. The van der Waals surface area contributed by atoms with Gasteiger partial charge in [-0.1, -0.05) is 0 Å². The quantitative estimate of drug-likeness (QED) is 0.732. The van der Waals surface area contributed by atoms with E-state index in [-0.39, 0.29) is 11.4 Å². The Morgan fingerprint density at radius 2 is 2.00 bits per heavy atom. The summed E-state index contributed by atoms with van der Waals surface area (Å²) in [6, 6.07) is 6.39. The smallest absolute Gasteiger partial charge is 0.240 e. The summed E-state index contributed by atoms with van der Waals surface area (Å²) in [5, 5.41) is 2.73. The summed E-state index contributed by atoms with van der Waals surface area (Å²) in [5.74, 6) is 0.652. The van der Waals surface area contributed by atoms with Crippen molar-refractivity contribution < 1.29 is 17.9 Å². The maximum absolute atomic E-state index is 12.4. The Kier molecular flexibility index (Phi) is 6.60. The van der Waals surface area contributed by atoms with Crippen LogP contribution >= 0.6 is 11.3 Å². The lowest BCUT2D eigenvalue weighted by Gasteiger charge is -2.25. The van der Waals surface area contributed by atoms with Crippen LogP contribution in [0.1, 0.15) is 17.6 Å². The van der Waals surface area contributed by atoms with Gasteiger partial charge in [0, 0.05) is 25.0 Å². The van der Waals surface area contributed by atoms with Crippen molar-refractivity contribution in [3.8, 4) is 5.75 Å². The van der Waals surface area contributed by atoms with Gasteiger partial charge in [-0.2, -0.15) is 0 Å². The van der Waals surface area contributed by atoms with Crippen molar-refractivity contribution >= 4 is 21.4 Å². The minimum atomic E-state index is -3.57. The third kappa shape index (κ3) is 5.24. The molecule has 1 N–H and O–H groups in total. The van der Waals surface area contributed by atoms with E-state index in [1.54, 1.807) is 24.3 Å². The van der Waals surface area contributed by atoms with Gasteiger partial charge in [0.15, 0.2) is 0 Å². The molecule has 0 bridgehead atoms. The number of ether oxygens (including phenoxy) is 2. The number of rotatable bonds is 8. The molecule has 0 atom stereocenters. The van der Waals surface area contributed by atoms with Crippen molar-refractivity contribution in [1.29, 1.82) is 0 Å². The first kappa shape index (κ1) is 19.2. The highest BCUT2D eigenvalue weighted by molar-refractivity contribution is 7.89. The first-order valence-corrected chi connectivity index (χ1v) is 10.9. The van der Waals surface area contributed by atoms with Gasteiger partial charge >= 0.3 is 0 Å². The predicted molar refractivity (Wildman–Crippen MR) is 99.8 cm³/mol. The Labute approximate surface area is 158 Å². The van der Waals surface area contributed by atoms with Crippen molar-refractivity contribution in [2.24, 2.45) is 0 Å².